The van der Waals surface area contributed by atoms with Crippen LogP contribution in [0.2, 0.25) is 0 Å². The maximum absolute atomic E-state index is 12.2. The molecule has 1 aliphatic heterocycles. The molecule has 2 rings (SSSR count). The second kappa shape index (κ2) is 9.88. The molecule has 1 aromatic carbocycles. The molecule has 1 aliphatic rings. The van der Waals surface area contributed by atoms with Crippen LogP contribution in [0.3, 0.4) is 0 Å². The van der Waals surface area contributed by atoms with Gasteiger partial charge < -0.3 is 15.1 Å². The van der Waals surface area contributed by atoms with Crippen LogP contribution in [0.4, 0.5) is 0 Å². The van der Waals surface area contributed by atoms with Crippen molar-refractivity contribution in [2.45, 2.75) is 52.4 Å². The largest absolute Gasteiger partial charge is 0.356 e. The van der Waals surface area contributed by atoms with Crippen molar-refractivity contribution in [3.8, 4) is 0 Å². The third-order valence-corrected chi connectivity index (χ3v) is 5.29. The van der Waals surface area contributed by atoms with E-state index in [1.807, 2.05) is 4.90 Å². The van der Waals surface area contributed by atoms with Gasteiger partial charge in [0.05, 0.1) is 0 Å². The van der Waals surface area contributed by atoms with Gasteiger partial charge in [-0.25, -0.2) is 0 Å². The Morgan fingerprint density at radius 3 is 2.19 bits per heavy atom. The van der Waals surface area contributed by atoms with Crippen molar-refractivity contribution >= 4 is 11.8 Å². The van der Waals surface area contributed by atoms with Gasteiger partial charge in [-0.2, -0.15) is 0 Å². The molecule has 1 saturated heterocycles. The van der Waals surface area contributed by atoms with Crippen molar-refractivity contribution in [2.24, 2.45) is 0 Å². The lowest BCUT2D eigenvalue weighted by molar-refractivity contribution is -0.132. The highest BCUT2D eigenvalue weighted by Crippen LogP contribution is 2.22. The van der Waals surface area contributed by atoms with Crippen molar-refractivity contribution in [3.05, 3.63) is 35.4 Å². The third-order valence-electron chi connectivity index (χ3n) is 5.29. The Bertz CT molecular complexity index is 611. The summed E-state index contributed by atoms with van der Waals surface area (Å²) in [6.07, 6.45) is 1.57. The van der Waals surface area contributed by atoms with Gasteiger partial charge in [0.2, 0.25) is 11.8 Å². The van der Waals surface area contributed by atoms with E-state index >= 15 is 0 Å². The van der Waals surface area contributed by atoms with E-state index in [2.05, 4.69) is 62.2 Å². The molecule has 5 nitrogen and oxygen atoms in total. The maximum atomic E-state index is 12.2. The van der Waals surface area contributed by atoms with Crippen LogP contribution in [0.1, 0.15) is 51.7 Å². The topological polar surface area (TPSA) is 52.6 Å². The number of hydrogen-bond donors (Lipinski definition) is 1. The molecule has 0 aliphatic carbocycles. The van der Waals surface area contributed by atoms with Crippen LogP contribution in [0.5, 0.6) is 0 Å². The summed E-state index contributed by atoms with van der Waals surface area (Å²) in [5.41, 5.74) is 2.61. The minimum Gasteiger partial charge on any atom is -0.356 e. The second-order valence-corrected chi connectivity index (χ2v) is 8.36. The lowest BCUT2D eigenvalue weighted by Gasteiger charge is -2.34. The Morgan fingerprint density at radius 2 is 1.63 bits per heavy atom. The number of rotatable bonds is 7. The number of hydrogen-bond acceptors (Lipinski definition) is 3. The minimum absolute atomic E-state index is 0.0125. The molecule has 27 heavy (non-hydrogen) atoms. The predicted octanol–water partition coefficient (Wildman–Crippen LogP) is 2.59. The summed E-state index contributed by atoms with van der Waals surface area (Å²) in [6, 6.07) is 8.50. The van der Waals surface area contributed by atoms with Crippen molar-refractivity contribution < 1.29 is 9.59 Å². The summed E-state index contributed by atoms with van der Waals surface area (Å²) in [5, 5.41) is 2.88. The highest BCUT2D eigenvalue weighted by Gasteiger charge is 2.19. The standard InChI is InChI=1S/C22H35N3O2/c1-5-24-14-16-25(17-15-24)21(27)12-13-23-20(26)11-8-18-6-9-19(10-7-18)22(2,3)4/h6-7,9-10H,5,8,11-17H2,1-4H3,(H,23,26). The Morgan fingerprint density at radius 1 is 1.00 bits per heavy atom. The molecule has 2 amide bonds. The van der Waals surface area contributed by atoms with Crippen LogP contribution in [0.25, 0.3) is 0 Å². The van der Waals surface area contributed by atoms with Crippen molar-refractivity contribution in [1.82, 2.24) is 15.1 Å². The molecule has 150 valence electrons. The number of carbonyl (C=O) groups is 2. The number of nitrogens with zero attached hydrogens (tertiary/aromatic N) is 2. The monoisotopic (exact) mass is 373 g/mol. The van der Waals surface area contributed by atoms with E-state index in [-0.39, 0.29) is 17.2 Å². The smallest absolute Gasteiger partial charge is 0.224 e. The Kier molecular flexibility index (Phi) is 7.84. The van der Waals surface area contributed by atoms with Crippen LogP contribution < -0.4 is 5.32 Å². The first-order valence-electron chi connectivity index (χ1n) is 10.2. The molecule has 1 aromatic rings. The first kappa shape index (κ1) is 21.4. The molecular formula is C22H35N3O2. The molecule has 1 heterocycles. The zero-order valence-electron chi connectivity index (χ0n) is 17.4. The second-order valence-electron chi connectivity index (χ2n) is 8.36. The molecule has 0 saturated carbocycles. The van der Waals surface area contributed by atoms with Gasteiger partial charge in [-0.15, -0.1) is 0 Å². The number of piperazine rings is 1. The summed E-state index contributed by atoms with van der Waals surface area (Å²) in [5.74, 6) is 0.155. The van der Waals surface area contributed by atoms with Gasteiger partial charge in [0.25, 0.3) is 0 Å². The number of amides is 2. The average molecular weight is 374 g/mol. The molecule has 1 N–H and O–H groups in total. The van der Waals surface area contributed by atoms with Gasteiger partial charge in [0.15, 0.2) is 0 Å². The zero-order chi connectivity index (χ0) is 19.9. The Hall–Kier alpha value is -1.88. The number of nitrogens with one attached hydrogen (secondary N) is 1. The zero-order valence-corrected chi connectivity index (χ0v) is 17.4. The van der Waals surface area contributed by atoms with Gasteiger partial charge in [0, 0.05) is 45.6 Å². The fourth-order valence-electron chi connectivity index (χ4n) is 3.30. The lowest BCUT2D eigenvalue weighted by atomic mass is 9.86. The van der Waals surface area contributed by atoms with Crippen LogP contribution >= 0.6 is 0 Å². The average Bonchev–Trinajstić information content (AvgIpc) is 2.66. The normalized spacial score (nSPS) is 15.6. The van der Waals surface area contributed by atoms with E-state index in [1.165, 1.54) is 11.1 Å². The first-order chi connectivity index (χ1) is 12.8. The van der Waals surface area contributed by atoms with E-state index in [0.29, 0.717) is 19.4 Å². The summed E-state index contributed by atoms with van der Waals surface area (Å²) >= 11 is 0. The molecule has 0 bridgehead atoms. The fourth-order valence-corrected chi connectivity index (χ4v) is 3.30. The van der Waals surface area contributed by atoms with E-state index < -0.39 is 0 Å². The van der Waals surface area contributed by atoms with Crippen LogP contribution in [0, 0.1) is 0 Å². The third kappa shape index (κ3) is 6.98. The lowest BCUT2D eigenvalue weighted by Crippen LogP contribution is -2.49. The molecule has 0 spiro atoms. The van der Waals surface area contributed by atoms with Gasteiger partial charge >= 0.3 is 0 Å². The number of aryl methyl sites for hydroxylation is 1. The van der Waals surface area contributed by atoms with Crippen molar-refractivity contribution in [2.75, 3.05) is 39.3 Å². The van der Waals surface area contributed by atoms with Crippen LogP contribution in [-0.4, -0.2) is 60.9 Å². The fraction of sp³-hybridized carbons (Fsp3) is 0.636. The number of carbonyl (C=O) groups excluding carboxylic acids is 2. The highest BCUT2D eigenvalue weighted by atomic mass is 16.2. The van der Waals surface area contributed by atoms with Crippen LogP contribution in [-0.2, 0) is 21.4 Å². The Labute approximate surface area is 164 Å². The van der Waals surface area contributed by atoms with Gasteiger partial charge in [-0.3, -0.25) is 9.59 Å². The van der Waals surface area contributed by atoms with Crippen molar-refractivity contribution in [1.29, 1.82) is 0 Å². The molecular weight excluding hydrogens is 338 g/mol. The summed E-state index contributed by atoms with van der Waals surface area (Å²) in [7, 11) is 0. The summed E-state index contributed by atoms with van der Waals surface area (Å²) in [4.78, 5) is 28.5. The minimum atomic E-state index is 0.0125. The van der Waals surface area contributed by atoms with Gasteiger partial charge in [0.1, 0.15) is 0 Å². The van der Waals surface area contributed by atoms with Crippen molar-refractivity contribution in [3.63, 3.8) is 0 Å². The van der Waals surface area contributed by atoms with E-state index in [0.717, 1.165) is 39.1 Å². The van der Waals surface area contributed by atoms with E-state index in [1.54, 1.807) is 0 Å². The van der Waals surface area contributed by atoms with Crippen LogP contribution in [0.15, 0.2) is 24.3 Å². The molecule has 5 heteroatoms. The first-order valence-corrected chi connectivity index (χ1v) is 10.2. The molecule has 0 aromatic heterocycles. The Balaban J connectivity index is 1.64. The van der Waals surface area contributed by atoms with Gasteiger partial charge in [-0.1, -0.05) is 52.0 Å². The molecule has 1 fully saturated rings. The van der Waals surface area contributed by atoms with E-state index in [9.17, 15) is 9.59 Å². The molecule has 0 radical (unpaired) electrons. The van der Waals surface area contributed by atoms with E-state index in [4.69, 9.17) is 0 Å². The predicted molar refractivity (Wildman–Crippen MR) is 110 cm³/mol. The highest BCUT2D eigenvalue weighted by molar-refractivity contribution is 5.79. The number of likely N-dealkylation sites (N-methyl/N-ethyl adjacent to an activating group) is 1. The number of benzene rings is 1. The maximum Gasteiger partial charge on any atom is 0.224 e. The van der Waals surface area contributed by atoms with Gasteiger partial charge in [-0.05, 0) is 29.5 Å². The molecule has 0 atom stereocenters. The SMILES string of the molecule is CCN1CCN(C(=O)CCNC(=O)CCc2ccc(C(C)(C)C)cc2)CC1. The summed E-state index contributed by atoms with van der Waals surface area (Å²) < 4.78 is 0. The molecule has 0 unspecified atom stereocenters. The summed E-state index contributed by atoms with van der Waals surface area (Å²) in [6.45, 7) is 13.7. The quantitative estimate of drug-likeness (QED) is 0.799.